The predicted octanol–water partition coefficient (Wildman–Crippen LogP) is 2.68. The molecule has 0 bridgehead atoms. The van der Waals surface area contributed by atoms with Gasteiger partial charge in [0.2, 0.25) is 0 Å². The SMILES string of the molecule is O=C(c1ccc(Cl)cn1)N1CCC(n2nnc3c2CCCC3)CC1. The van der Waals surface area contributed by atoms with Crippen molar-refractivity contribution in [2.75, 3.05) is 13.1 Å². The number of carbonyl (C=O) groups excluding carboxylic acids is 1. The van der Waals surface area contributed by atoms with E-state index >= 15 is 0 Å². The molecule has 24 heavy (non-hydrogen) atoms. The number of carbonyl (C=O) groups is 1. The van der Waals surface area contributed by atoms with E-state index in [1.165, 1.54) is 30.4 Å². The average molecular weight is 346 g/mol. The minimum Gasteiger partial charge on any atom is -0.337 e. The first-order chi connectivity index (χ1) is 11.7. The van der Waals surface area contributed by atoms with Gasteiger partial charge in [-0.3, -0.25) is 4.79 Å². The highest BCUT2D eigenvalue weighted by Crippen LogP contribution is 2.28. The van der Waals surface area contributed by atoms with E-state index in [1.807, 2.05) is 4.90 Å². The fraction of sp³-hybridized carbons (Fsp3) is 0.529. The first kappa shape index (κ1) is 15.6. The monoisotopic (exact) mass is 345 g/mol. The second-order valence-corrected chi connectivity index (χ2v) is 6.96. The number of halogens is 1. The third-order valence-electron chi connectivity index (χ3n) is 4.99. The minimum absolute atomic E-state index is 0.0225. The molecule has 3 heterocycles. The summed E-state index contributed by atoms with van der Waals surface area (Å²) in [5, 5.41) is 9.29. The number of piperidine rings is 1. The Balaban J connectivity index is 1.42. The van der Waals surface area contributed by atoms with Crippen LogP contribution in [0, 0.1) is 0 Å². The van der Waals surface area contributed by atoms with Crippen molar-refractivity contribution < 1.29 is 4.79 Å². The van der Waals surface area contributed by atoms with Gasteiger partial charge in [0, 0.05) is 19.3 Å². The molecule has 0 radical (unpaired) electrons. The molecule has 1 aliphatic heterocycles. The van der Waals surface area contributed by atoms with Crippen molar-refractivity contribution >= 4 is 17.5 Å². The summed E-state index contributed by atoms with van der Waals surface area (Å²) >= 11 is 5.83. The standard InChI is InChI=1S/C17H20ClN5O/c18-12-5-6-15(19-11-12)17(24)22-9-7-13(8-10-22)23-16-4-2-1-3-14(16)20-21-23/h5-6,11,13H,1-4,7-10H2. The lowest BCUT2D eigenvalue weighted by atomic mass is 9.99. The Bertz CT molecular complexity index is 734. The smallest absolute Gasteiger partial charge is 0.272 e. The molecule has 2 aliphatic rings. The maximum atomic E-state index is 12.5. The summed E-state index contributed by atoms with van der Waals surface area (Å²) in [6, 6.07) is 3.74. The predicted molar refractivity (Wildman–Crippen MR) is 90.1 cm³/mol. The molecule has 2 aromatic heterocycles. The molecule has 1 amide bonds. The highest BCUT2D eigenvalue weighted by Gasteiger charge is 2.28. The van der Waals surface area contributed by atoms with E-state index in [0.717, 1.165) is 38.8 Å². The Hall–Kier alpha value is -1.95. The molecule has 6 nitrogen and oxygen atoms in total. The number of hydrogen-bond donors (Lipinski definition) is 0. The van der Waals surface area contributed by atoms with Gasteiger partial charge in [-0.15, -0.1) is 5.10 Å². The largest absolute Gasteiger partial charge is 0.337 e. The van der Waals surface area contributed by atoms with Crippen LogP contribution in [0.4, 0.5) is 0 Å². The van der Waals surface area contributed by atoms with Crippen molar-refractivity contribution in [2.24, 2.45) is 0 Å². The van der Waals surface area contributed by atoms with Crippen LogP contribution in [0.2, 0.25) is 5.02 Å². The van der Waals surface area contributed by atoms with E-state index in [4.69, 9.17) is 11.6 Å². The number of fused-ring (bicyclic) bond motifs is 1. The number of pyridine rings is 1. The Labute approximate surface area is 145 Å². The number of hydrogen-bond acceptors (Lipinski definition) is 4. The lowest BCUT2D eigenvalue weighted by Gasteiger charge is -2.32. The highest BCUT2D eigenvalue weighted by atomic mass is 35.5. The van der Waals surface area contributed by atoms with Gasteiger partial charge in [0.15, 0.2) is 0 Å². The Kier molecular flexibility index (Phi) is 4.22. The number of rotatable bonds is 2. The van der Waals surface area contributed by atoms with E-state index in [-0.39, 0.29) is 5.91 Å². The van der Waals surface area contributed by atoms with Crippen LogP contribution in [-0.4, -0.2) is 43.9 Å². The second-order valence-electron chi connectivity index (χ2n) is 6.52. The highest BCUT2D eigenvalue weighted by molar-refractivity contribution is 6.30. The van der Waals surface area contributed by atoms with Gasteiger partial charge in [-0.1, -0.05) is 16.8 Å². The summed E-state index contributed by atoms with van der Waals surface area (Å²) in [4.78, 5) is 18.5. The first-order valence-corrected chi connectivity index (χ1v) is 8.94. The molecule has 0 aromatic carbocycles. The molecule has 1 fully saturated rings. The van der Waals surface area contributed by atoms with Gasteiger partial charge in [0.05, 0.1) is 22.5 Å². The zero-order valence-corrected chi connectivity index (χ0v) is 14.2. The second kappa shape index (κ2) is 6.51. The Morgan fingerprint density at radius 2 is 1.96 bits per heavy atom. The third-order valence-corrected chi connectivity index (χ3v) is 5.22. The van der Waals surface area contributed by atoms with E-state index in [1.54, 1.807) is 12.1 Å². The molecular formula is C17H20ClN5O. The van der Waals surface area contributed by atoms with Gasteiger partial charge in [0.1, 0.15) is 5.69 Å². The molecular weight excluding hydrogens is 326 g/mol. The number of nitrogens with zero attached hydrogens (tertiary/aromatic N) is 5. The van der Waals surface area contributed by atoms with Crippen LogP contribution in [0.15, 0.2) is 18.3 Å². The molecule has 0 spiro atoms. The minimum atomic E-state index is -0.0225. The van der Waals surface area contributed by atoms with Crippen LogP contribution < -0.4 is 0 Å². The van der Waals surface area contributed by atoms with Gasteiger partial charge in [0.25, 0.3) is 5.91 Å². The van der Waals surface area contributed by atoms with Crippen molar-refractivity contribution in [2.45, 2.75) is 44.6 Å². The van der Waals surface area contributed by atoms with Crippen molar-refractivity contribution in [3.63, 3.8) is 0 Å². The summed E-state index contributed by atoms with van der Waals surface area (Å²) < 4.78 is 2.12. The van der Waals surface area contributed by atoms with E-state index in [9.17, 15) is 4.79 Å². The summed E-state index contributed by atoms with van der Waals surface area (Å²) in [5.41, 5.74) is 2.94. The first-order valence-electron chi connectivity index (χ1n) is 8.56. The molecule has 1 saturated heterocycles. The molecule has 2 aromatic rings. The van der Waals surface area contributed by atoms with Crippen molar-refractivity contribution in [1.82, 2.24) is 24.9 Å². The van der Waals surface area contributed by atoms with Crippen molar-refractivity contribution in [3.05, 3.63) is 40.4 Å². The average Bonchev–Trinajstić information content (AvgIpc) is 3.06. The molecule has 1 aliphatic carbocycles. The number of aryl methyl sites for hydroxylation is 1. The Morgan fingerprint density at radius 1 is 1.17 bits per heavy atom. The third kappa shape index (κ3) is 2.90. The molecule has 0 atom stereocenters. The maximum Gasteiger partial charge on any atom is 0.272 e. The van der Waals surface area contributed by atoms with Crippen LogP contribution in [-0.2, 0) is 12.8 Å². The summed E-state index contributed by atoms with van der Waals surface area (Å²) in [7, 11) is 0. The normalized spacial score (nSPS) is 18.5. The summed E-state index contributed by atoms with van der Waals surface area (Å²) in [6.07, 6.45) is 7.91. The summed E-state index contributed by atoms with van der Waals surface area (Å²) in [6.45, 7) is 1.45. The zero-order valence-electron chi connectivity index (χ0n) is 13.5. The van der Waals surface area contributed by atoms with E-state index < -0.39 is 0 Å². The summed E-state index contributed by atoms with van der Waals surface area (Å²) in [5.74, 6) is -0.0225. The maximum absolute atomic E-state index is 12.5. The van der Waals surface area contributed by atoms with E-state index in [0.29, 0.717) is 16.8 Å². The van der Waals surface area contributed by atoms with Crippen LogP contribution in [0.1, 0.15) is 53.6 Å². The molecule has 7 heteroatoms. The number of aromatic nitrogens is 4. The number of amides is 1. The lowest BCUT2D eigenvalue weighted by molar-refractivity contribution is 0.0682. The van der Waals surface area contributed by atoms with Gasteiger partial charge in [-0.05, 0) is 50.7 Å². The van der Waals surface area contributed by atoms with E-state index in [2.05, 4.69) is 20.0 Å². The van der Waals surface area contributed by atoms with Crippen LogP contribution in [0.5, 0.6) is 0 Å². The van der Waals surface area contributed by atoms with Crippen LogP contribution >= 0.6 is 11.6 Å². The van der Waals surface area contributed by atoms with Crippen LogP contribution in [0.3, 0.4) is 0 Å². The molecule has 4 rings (SSSR count). The fourth-order valence-electron chi connectivity index (χ4n) is 3.66. The molecule has 0 N–H and O–H groups in total. The van der Waals surface area contributed by atoms with Crippen LogP contribution in [0.25, 0.3) is 0 Å². The lowest BCUT2D eigenvalue weighted by Crippen LogP contribution is -2.39. The van der Waals surface area contributed by atoms with Crippen molar-refractivity contribution in [3.8, 4) is 0 Å². The molecule has 0 saturated carbocycles. The Morgan fingerprint density at radius 3 is 2.71 bits per heavy atom. The quantitative estimate of drug-likeness (QED) is 0.839. The van der Waals surface area contributed by atoms with Gasteiger partial charge in [-0.25, -0.2) is 9.67 Å². The van der Waals surface area contributed by atoms with Gasteiger partial charge >= 0.3 is 0 Å². The fourth-order valence-corrected chi connectivity index (χ4v) is 3.77. The zero-order chi connectivity index (χ0) is 16.5. The van der Waals surface area contributed by atoms with Gasteiger partial charge in [-0.2, -0.15) is 0 Å². The van der Waals surface area contributed by atoms with Gasteiger partial charge < -0.3 is 4.90 Å². The van der Waals surface area contributed by atoms with Crippen molar-refractivity contribution in [1.29, 1.82) is 0 Å². The topological polar surface area (TPSA) is 63.9 Å². The molecule has 0 unspecified atom stereocenters. The molecule has 126 valence electrons. The number of likely N-dealkylation sites (tertiary alicyclic amines) is 1.